The molecule has 1 amide bonds. The normalized spacial score (nSPS) is 16.7. The highest BCUT2D eigenvalue weighted by molar-refractivity contribution is 5.96. The second kappa shape index (κ2) is 12.1. The first-order chi connectivity index (χ1) is 16.2. The van der Waals surface area contributed by atoms with Crippen molar-refractivity contribution in [2.75, 3.05) is 55.7 Å². The van der Waals surface area contributed by atoms with Crippen molar-refractivity contribution >= 4 is 17.3 Å². The Bertz CT molecular complexity index is 878. The number of unbranched alkanes of at least 4 members (excludes halogenated alkanes) is 3. The Kier molecular flexibility index (Phi) is 8.65. The molecule has 0 aromatic heterocycles. The summed E-state index contributed by atoms with van der Waals surface area (Å²) in [4.78, 5) is 19.6. The van der Waals surface area contributed by atoms with Crippen LogP contribution in [0.4, 0.5) is 11.4 Å². The van der Waals surface area contributed by atoms with Gasteiger partial charge in [0, 0.05) is 57.4 Å². The van der Waals surface area contributed by atoms with E-state index in [2.05, 4.69) is 65.3 Å². The summed E-state index contributed by atoms with van der Waals surface area (Å²) in [5, 5.41) is 0. The van der Waals surface area contributed by atoms with Crippen LogP contribution >= 0.6 is 0 Å². The molecule has 2 heterocycles. The number of carbonyl (C=O) groups excluding carboxylic acids is 1. The van der Waals surface area contributed by atoms with Crippen LogP contribution < -0.4 is 14.5 Å². The van der Waals surface area contributed by atoms with E-state index in [1.54, 1.807) is 0 Å². The second-order valence-electron chi connectivity index (χ2n) is 9.26. The van der Waals surface area contributed by atoms with E-state index in [4.69, 9.17) is 4.74 Å². The lowest BCUT2D eigenvalue weighted by atomic mass is 10.0. The highest BCUT2D eigenvalue weighted by Crippen LogP contribution is 2.32. The number of carbonyl (C=O) groups is 1. The van der Waals surface area contributed by atoms with Gasteiger partial charge in [0.2, 0.25) is 5.91 Å². The number of nitrogens with zero attached hydrogens (tertiary/aromatic N) is 3. The molecule has 0 spiro atoms. The standard InChI is InChI=1S/C28H39N3O2/c1-2-3-4-8-17-31-27-23-26(14-12-24(27)13-15-28(31)32)33-22-9-16-29-18-20-30(21-19-29)25-10-6-5-7-11-25/h5-7,10-12,14,23H,2-4,8-9,13,15-22H2,1H3. The minimum absolute atomic E-state index is 0.255. The molecule has 1 fully saturated rings. The van der Waals surface area contributed by atoms with Crippen LogP contribution in [-0.2, 0) is 11.2 Å². The van der Waals surface area contributed by atoms with Gasteiger partial charge in [-0.2, -0.15) is 0 Å². The van der Waals surface area contributed by atoms with Gasteiger partial charge >= 0.3 is 0 Å². The lowest BCUT2D eigenvalue weighted by molar-refractivity contribution is -0.118. The predicted molar refractivity (Wildman–Crippen MR) is 136 cm³/mol. The molecule has 0 N–H and O–H groups in total. The molecule has 5 heteroatoms. The molecule has 2 aliphatic heterocycles. The molecule has 0 bridgehead atoms. The topological polar surface area (TPSA) is 36.0 Å². The summed E-state index contributed by atoms with van der Waals surface area (Å²) in [6.45, 7) is 9.18. The van der Waals surface area contributed by atoms with Crippen LogP contribution in [0.5, 0.6) is 5.75 Å². The summed E-state index contributed by atoms with van der Waals surface area (Å²) in [5.74, 6) is 1.14. The summed E-state index contributed by atoms with van der Waals surface area (Å²) >= 11 is 0. The third kappa shape index (κ3) is 6.50. The molecule has 2 aromatic rings. The molecule has 33 heavy (non-hydrogen) atoms. The summed E-state index contributed by atoms with van der Waals surface area (Å²) < 4.78 is 6.11. The largest absolute Gasteiger partial charge is 0.493 e. The van der Waals surface area contributed by atoms with Crippen molar-refractivity contribution in [3.8, 4) is 5.75 Å². The van der Waals surface area contributed by atoms with E-state index in [-0.39, 0.29) is 5.91 Å². The van der Waals surface area contributed by atoms with E-state index in [1.807, 2.05) is 4.90 Å². The number of fused-ring (bicyclic) bond motifs is 1. The molecule has 0 aliphatic carbocycles. The van der Waals surface area contributed by atoms with Crippen molar-refractivity contribution in [3.63, 3.8) is 0 Å². The zero-order chi connectivity index (χ0) is 22.9. The lowest BCUT2D eigenvalue weighted by Gasteiger charge is -2.36. The summed E-state index contributed by atoms with van der Waals surface area (Å²) in [7, 11) is 0. The van der Waals surface area contributed by atoms with Gasteiger partial charge in [0.25, 0.3) is 0 Å². The molecule has 0 radical (unpaired) electrons. The highest BCUT2D eigenvalue weighted by Gasteiger charge is 2.24. The first-order valence-electron chi connectivity index (χ1n) is 12.8. The number of hydrogen-bond acceptors (Lipinski definition) is 4. The van der Waals surface area contributed by atoms with Gasteiger partial charge in [0.15, 0.2) is 0 Å². The number of amides is 1. The molecule has 1 saturated heterocycles. The highest BCUT2D eigenvalue weighted by atomic mass is 16.5. The Labute approximate surface area is 199 Å². The maximum atomic E-state index is 12.6. The van der Waals surface area contributed by atoms with Crippen LogP contribution in [0, 0.1) is 0 Å². The number of hydrogen-bond donors (Lipinski definition) is 0. The van der Waals surface area contributed by atoms with E-state index < -0.39 is 0 Å². The van der Waals surface area contributed by atoms with Crippen LogP contribution in [0.25, 0.3) is 0 Å². The number of benzene rings is 2. The van der Waals surface area contributed by atoms with Gasteiger partial charge in [-0.25, -0.2) is 0 Å². The number of aryl methyl sites for hydroxylation is 1. The maximum Gasteiger partial charge on any atom is 0.227 e. The van der Waals surface area contributed by atoms with E-state index in [9.17, 15) is 4.79 Å². The second-order valence-corrected chi connectivity index (χ2v) is 9.26. The van der Waals surface area contributed by atoms with Crippen LogP contribution in [0.2, 0.25) is 0 Å². The summed E-state index contributed by atoms with van der Waals surface area (Å²) in [6, 6.07) is 17.0. The third-order valence-electron chi connectivity index (χ3n) is 6.87. The van der Waals surface area contributed by atoms with Gasteiger partial charge in [-0.15, -0.1) is 0 Å². The Balaban J connectivity index is 1.22. The average Bonchev–Trinajstić information content (AvgIpc) is 2.86. The fourth-order valence-corrected chi connectivity index (χ4v) is 4.90. The number of ether oxygens (including phenoxy) is 1. The van der Waals surface area contributed by atoms with Gasteiger partial charge < -0.3 is 14.5 Å². The van der Waals surface area contributed by atoms with Crippen molar-refractivity contribution in [2.24, 2.45) is 0 Å². The molecule has 0 saturated carbocycles. The molecule has 2 aromatic carbocycles. The Hall–Kier alpha value is -2.53. The average molecular weight is 450 g/mol. The predicted octanol–water partition coefficient (Wildman–Crippen LogP) is 5.14. The lowest BCUT2D eigenvalue weighted by Crippen LogP contribution is -2.46. The van der Waals surface area contributed by atoms with Crippen LogP contribution in [0.3, 0.4) is 0 Å². The molecular formula is C28H39N3O2. The van der Waals surface area contributed by atoms with E-state index >= 15 is 0 Å². The van der Waals surface area contributed by atoms with E-state index in [1.165, 1.54) is 30.5 Å². The van der Waals surface area contributed by atoms with Gasteiger partial charge in [-0.1, -0.05) is 50.5 Å². The molecule has 178 valence electrons. The summed E-state index contributed by atoms with van der Waals surface area (Å²) in [5.41, 5.74) is 3.66. The van der Waals surface area contributed by atoms with Gasteiger partial charge in [0.1, 0.15) is 5.75 Å². The fraction of sp³-hybridized carbons (Fsp3) is 0.536. The van der Waals surface area contributed by atoms with Crippen LogP contribution in [0.15, 0.2) is 48.5 Å². The zero-order valence-electron chi connectivity index (χ0n) is 20.2. The molecule has 4 rings (SSSR count). The first kappa shape index (κ1) is 23.6. The fourth-order valence-electron chi connectivity index (χ4n) is 4.90. The van der Waals surface area contributed by atoms with Gasteiger partial charge in [-0.05, 0) is 43.0 Å². The number of anilines is 2. The van der Waals surface area contributed by atoms with Gasteiger partial charge in [0.05, 0.1) is 12.3 Å². The first-order valence-corrected chi connectivity index (χ1v) is 12.8. The van der Waals surface area contributed by atoms with Crippen molar-refractivity contribution in [3.05, 3.63) is 54.1 Å². The molecule has 0 unspecified atom stereocenters. The number of rotatable bonds is 11. The van der Waals surface area contributed by atoms with Gasteiger partial charge in [-0.3, -0.25) is 9.69 Å². The zero-order valence-corrected chi connectivity index (χ0v) is 20.2. The van der Waals surface area contributed by atoms with Crippen molar-refractivity contribution in [2.45, 2.75) is 51.9 Å². The Morgan fingerprint density at radius 2 is 1.67 bits per heavy atom. The van der Waals surface area contributed by atoms with Crippen LogP contribution in [-0.4, -0.2) is 56.7 Å². The van der Waals surface area contributed by atoms with Crippen molar-refractivity contribution in [1.82, 2.24) is 4.90 Å². The summed E-state index contributed by atoms with van der Waals surface area (Å²) in [6.07, 6.45) is 7.19. The number of para-hydroxylation sites is 1. The number of piperazine rings is 1. The van der Waals surface area contributed by atoms with Crippen molar-refractivity contribution in [1.29, 1.82) is 0 Å². The SMILES string of the molecule is CCCCCCN1C(=O)CCc2ccc(OCCCN3CCN(c4ccccc4)CC3)cc21. The van der Waals surface area contributed by atoms with E-state index in [0.29, 0.717) is 13.0 Å². The Morgan fingerprint density at radius 1 is 0.848 bits per heavy atom. The van der Waals surface area contributed by atoms with E-state index in [0.717, 1.165) is 70.0 Å². The molecule has 5 nitrogen and oxygen atoms in total. The maximum absolute atomic E-state index is 12.6. The van der Waals surface area contributed by atoms with Crippen molar-refractivity contribution < 1.29 is 9.53 Å². The third-order valence-corrected chi connectivity index (χ3v) is 6.87. The minimum atomic E-state index is 0.255. The Morgan fingerprint density at radius 3 is 2.45 bits per heavy atom. The molecule has 2 aliphatic rings. The minimum Gasteiger partial charge on any atom is -0.493 e. The van der Waals surface area contributed by atoms with Crippen LogP contribution in [0.1, 0.15) is 51.0 Å². The molecular weight excluding hydrogens is 410 g/mol. The smallest absolute Gasteiger partial charge is 0.227 e. The molecule has 0 atom stereocenters. The quantitative estimate of drug-likeness (QED) is 0.445. The monoisotopic (exact) mass is 449 g/mol.